The first kappa shape index (κ1) is 10.2. The molecule has 0 aliphatic heterocycles. The predicted octanol–water partition coefficient (Wildman–Crippen LogP) is 1.72. The van der Waals surface area contributed by atoms with Crippen LogP contribution in [0.4, 0.5) is 0 Å². The Labute approximate surface area is 71.8 Å². The van der Waals surface area contributed by atoms with Gasteiger partial charge in [0.25, 0.3) is 0 Å². The summed E-state index contributed by atoms with van der Waals surface area (Å²) in [6.07, 6.45) is 1.75. The van der Waals surface area contributed by atoms with Crippen LogP contribution >= 0.6 is 0 Å². The summed E-state index contributed by atoms with van der Waals surface area (Å²) in [6.45, 7) is 7.55. The monoisotopic (exact) mass is 164 g/mol. The van der Waals surface area contributed by atoms with Gasteiger partial charge in [-0.05, 0) is 6.92 Å². The second-order valence-electron chi connectivity index (χ2n) is 2.25. The van der Waals surface area contributed by atoms with E-state index < -0.39 is 0 Å². The van der Waals surface area contributed by atoms with E-state index in [1.54, 1.807) is 11.3 Å². The molecule has 0 amide bonds. The molecule has 0 saturated carbocycles. The zero-order chi connectivity index (χ0) is 8.53. The number of benzene rings is 1. The van der Waals surface area contributed by atoms with Gasteiger partial charge in [0.1, 0.15) is 0 Å². The van der Waals surface area contributed by atoms with Crippen LogP contribution in [0, 0.1) is 0 Å². The minimum atomic E-state index is 0.0913. The van der Waals surface area contributed by atoms with E-state index in [2.05, 4.69) is 43.5 Å². The van der Waals surface area contributed by atoms with Crippen LogP contribution in [0.5, 0.6) is 0 Å². The summed E-state index contributed by atoms with van der Waals surface area (Å²) in [4.78, 5) is 0. The van der Waals surface area contributed by atoms with Crippen molar-refractivity contribution < 1.29 is 0 Å². The molecule has 0 aliphatic rings. The summed E-state index contributed by atoms with van der Waals surface area (Å²) in [5.41, 5.74) is 0. The van der Waals surface area contributed by atoms with E-state index in [1.165, 1.54) is 0 Å². The second-order valence-corrected chi connectivity index (χ2v) is 3.77. The summed E-state index contributed by atoms with van der Waals surface area (Å²) >= 11 is 0. The maximum atomic E-state index is 3.36. The predicted molar refractivity (Wildman–Crippen MR) is 56.4 cm³/mol. The first-order valence-corrected chi connectivity index (χ1v) is 6.08. The van der Waals surface area contributed by atoms with Crippen molar-refractivity contribution in [3.8, 4) is 0 Å². The molecule has 1 rings (SSSR count). The lowest BCUT2D eigenvalue weighted by atomic mass is 10.4. The van der Waals surface area contributed by atoms with E-state index in [9.17, 15) is 0 Å². The lowest BCUT2D eigenvalue weighted by molar-refractivity contribution is 1.77. The van der Waals surface area contributed by atoms with Crippen LogP contribution in [-0.4, -0.2) is 9.52 Å². The van der Waals surface area contributed by atoms with Crippen LogP contribution in [-0.2, 0) is 0 Å². The first-order chi connectivity index (χ1) is 5.35. The molecule has 0 nitrogen and oxygen atoms in total. The van der Waals surface area contributed by atoms with Gasteiger partial charge in [0.05, 0.1) is 9.52 Å². The Balaban J connectivity index is 0.000000292. The van der Waals surface area contributed by atoms with Crippen molar-refractivity contribution in [1.29, 1.82) is 0 Å². The standard InChI is InChI=1S/C7H10Si.C3H6/c1-8-7-5-3-2-4-6-7;1-3-2/h2-6H,8H2,1H3;3H,1H2,2H3. The van der Waals surface area contributed by atoms with E-state index in [4.69, 9.17) is 0 Å². The number of rotatable bonds is 1. The van der Waals surface area contributed by atoms with Crippen LogP contribution in [0.2, 0.25) is 6.55 Å². The highest BCUT2D eigenvalue weighted by atomic mass is 28.2. The molecule has 11 heavy (non-hydrogen) atoms. The SMILES string of the molecule is C=CC.C[SiH2]c1ccccc1. The van der Waals surface area contributed by atoms with Crippen molar-refractivity contribution in [3.05, 3.63) is 43.0 Å². The fraction of sp³-hybridized carbons (Fsp3) is 0.200. The summed E-state index contributed by atoms with van der Waals surface area (Å²) in [5.74, 6) is 0. The van der Waals surface area contributed by atoms with Crippen molar-refractivity contribution in [1.82, 2.24) is 0 Å². The van der Waals surface area contributed by atoms with Gasteiger partial charge in [-0.15, -0.1) is 6.58 Å². The van der Waals surface area contributed by atoms with E-state index in [1.807, 2.05) is 6.92 Å². The highest BCUT2D eigenvalue weighted by molar-refractivity contribution is 6.51. The lowest BCUT2D eigenvalue weighted by Gasteiger charge is -1.89. The van der Waals surface area contributed by atoms with Crippen LogP contribution in [0.25, 0.3) is 0 Å². The fourth-order valence-corrected chi connectivity index (χ4v) is 1.46. The second kappa shape index (κ2) is 7.29. The van der Waals surface area contributed by atoms with Gasteiger partial charge in [-0.3, -0.25) is 0 Å². The third kappa shape index (κ3) is 5.61. The average Bonchev–Trinajstić information content (AvgIpc) is 2.08. The molecule has 0 aromatic heterocycles. The Kier molecular flexibility index (Phi) is 6.74. The smallest absolute Gasteiger partial charge is 0.0516 e. The largest absolute Gasteiger partial charge is 0.103 e. The van der Waals surface area contributed by atoms with Crippen LogP contribution in [0.3, 0.4) is 0 Å². The van der Waals surface area contributed by atoms with Crippen LogP contribution in [0.1, 0.15) is 6.92 Å². The molecule has 0 heterocycles. The molecule has 60 valence electrons. The van der Waals surface area contributed by atoms with Gasteiger partial charge in [-0.25, -0.2) is 0 Å². The Morgan fingerprint density at radius 2 is 1.73 bits per heavy atom. The van der Waals surface area contributed by atoms with Crippen molar-refractivity contribution in [2.45, 2.75) is 13.5 Å². The molecule has 0 aliphatic carbocycles. The minimum absolute atomic E-state index is 0.0913. The summed E-state index contributed by atoms with van der Waals surface area (Å²) in [5, 5.41) is 1.55. The third-order valence-corrected chi connectivity index (χ3v) is 2.54. The Morgan fingerprint density at radius 3 is 2.00 bits per heavy atom. The highest BCUT2D eigenvalue weighted by Crippen LogP contribution is 1.79. The minimum Gasteiger partial charge on any atom is -0.103 e. The number of hydrogen-bond acceptors (Lipinski definition) is 0. The molecular formula is C10H16Si. The van der Waals surface area contributed by atoms with Crippen molar-refractivity contribution in [2.75, 3.05) is 0 Å². The summed E-state index contributed by atoms with van der Waals surface area (Å²) in [6, 6.07) is 10.7. The topological polar surface area (TPSA) is 0 Å². The van der Waals surface area contributed by atoms with Crippen LogP contribution < -0.4 is 5.19 Å². The Morgan fingerprint density at radius 1 is 1.27 bits per heavy atom. The van der Waals surface area contributed by atoms with Crippen LogP contribution in [0.15, 0.2) is 43.0 Å². The molecule has 0 atom stereocenters. The van der Waals surface area contributed by atoms with Gasteiger partial charge in [-0.2, -0.15) is 0 Å². The maximum absolute atomic E-state index is 3.36. The zero-order valence-corrected chi connectivity index (χ0v) is 8.79. The normalized spacial score (nSPS) is 8.91. The Hall–Kier alpha value is -0.823. The summed E-state index contributed by atoms with van der Waals surface area (Å²) < 4.78 is 0. The number of allylic oxidation sites excluding steroid dienone is 1. The third-order valence-electron chi connectivity index (χ3n) is 1.25. The van der Waals surface area contributed by atoms with E-state index >= 15 is 0 Å². The van der Waals surface area contributed by atoms with Gasteiger partial charge >= 0.3 is 0 Å². The summed E-state index contributed by atoms with van der Waals surface area (Å²) in [7, 11) is 0.0913. The van der Waals surface area contributed by atoms with E-state index in [-0.39, 0.29) is 9.52 Å². The molecule has 0 bridgehead atoms. The van der Waals surface area contributed by atoms with E-state index in [0.29, 0.717) is 0 Å². The molecule has 0 N–H and O–H groups in total. The maximum Gasteiger partial charge on any atom is 0.0516 e. The molecule has 0 saturated heterocycles. The number of hydrogen-bond donors (Lipinski definition) is 0. The van der Waals surface area contributed by atoms with Gasteiger partial charge in [0.15, 0.2) is 0 Å². The molecule has 1 aromatic rings. The van der Waals surface area contributed by atoms with Crippen molar-refractivity contribution in [3.63, 3.8) is 0 Å². The zero-order valence-electron chi connectivity index (χ0n) is 7.38. The van der Waals surface area contributed by atoms with Crippen molar-refractivity contribution >= 4 is 14.7 Å². The molecule has 1 aromatic carbocycles. The molecule has 0 unspecified atom stereocenters. The van der Waals surface area contributed by atoms with Crippen molar-refractivity contribution in [2.24, 2.45) is 0 Å². The molecular weight excluding hydrogens is 148 g/mol. The van der Waals surface area contributed by atoms with E-state index in [0.717, 1.165) is 0 Å². The lowest BCUT2D eigenvalue weighted by Crippen LogP contribution is -2.07. The molecule has 0 radical (unpaired) electrons. The molecule has 1 heteroatoms. The Bertz CT molecular complexity index is 179. The van der Waals surface area contributed by atoms with Gasteiger partial charge in [0, 0.05) is 0 Å². The average molecular weight is 164 g/mol. The van der Waals surface area contributed by atoms with Gasteiger partial charge in [0.2, 0.25) is 0 Å². The molecule has 0 fully saturated rings. The quantitative estimate of drug-likeness (QED) is 0.438. The highest BCUT2D eigenvalue weighted by Gasteiger charge is 1.80. The van der Waals surface area contributed by atoms with Gasteiger partial charge in [-0.1, -0.05) is 48.1 Å². The van der Waals surface area contributed by atoms with Gasteiger partial charge < -0.3 is 0 Å². The molecule has 0 spiro atoms. The fourth-order valence-electron chi connectivity index (χ4n) is 0.714. The first-order valence-electron chi connectivity index (χ1n) is 3.96.